The molecule has 0 heterocycles. The monoisotopic (exact) mass is 316 g/mol. The Labute approximate surface area is 143 Å². The van der Waals surface area contributed by atoms with Crippen LogP contribution in [0.1, 0.15) is 72.6 Å². The maximum absolute atomic E-state index is 9.98. The molecule has 0 aromatic heterocycles. The van der Waals surface area contributed by atoms with Crippen molar-refractivity contribution >= 4 is 0 Å². The van der Waals surface area contributed by atoms with E-state index in [0.29, 0.717) is 5.92 Å². The van der Waals surface area contributed by atoms with Gasteiger partial charge in [0.05, 0.1) is 6.10 Å². The summed E-state index contributed by atoms with van der Waals surface area (Å²) in [7, 11) is 0. The van der Waals surface area contributed by atoms with E-state index in [4.69, 9.17) is 0 Å². The van der Waals surface area contributed by atoms with Crippen LogP contribution in [0, 0.1) is 23.7 Å². The van der Waals surface area contributed by atoms with Crippen molar-refractivity contribution in [3.8, 4) is 0 Å². The molecule has 2 saturated carbocycles. The molecule has 0 radical (unpaired) electrons. The molecule has 0 aromatic rings. The topological polar surface area (TPSA) is 20.2 Å². The zero-order valence-corrected chi connectivity index (χ0v) is 15.6. The van der Waals surface area contributed by atoms with Gasteiger partial charge in [0.1, 0.15) is 0 Å². The Morgan fingerprint density at radius 1 is 1.22 bits per heavy atom. The van der Waals surface area contributed by atoms with Gasteiger partial charge in [-0.2, -0.15) is 0 Å². The van der Waals surface area contributed by atoms with Crippen molar-refractivity contribution in [2.45, 2.75) is 78.7 Å². The summed E-state index contributed by atoms with van der Waals surface area (Å²) < 4.78 is 0. The highest BCUT2D eigenvalue weighted by atomic mass is 16.3. The fourth-order valence-electron chi connectivity index (χ4n) is 4.74. The highest BCUT2D eigenvalue weighted by molar-refractivity contribution is 5.26. The lowest BCUT2D eigenvalue weighted by atomic mass is 9.67. The number of aliphatic hydroxyl groups excluding tert-OH is 1. The SMILES string of the molecule is C=C1CC/C(=C/C=C2\CCC[C@H]([C@H](CC)C(C)C)[C@H]2C)C[C@H]1O. The minimum absolute atomic E-state index is 0.324. The molecule has 0 unspecified atom stereocenters. The second kappa shape index (κ2) is 8.33. The lowest BCUT2D eigenvalue weighted by Crippen LogP contribution is -2.29. The van der Waals surface area contributed by atoms with Gasteiger partial charge >= 0.3 is 0 Å². The van der Waals surface area contributed by atoms with Crippen molar-refractivity contribution < 1.29 is 5.11 Å². The van der Waals surface area contributed by atoms with Gasteiger partial charge in [-0.05, 0) is 67.8 Å². The first-order chi connectivity index (χ1) is 10.9. The van der Waals surface area contributed by atoms with E-state index in [2.05, 4.69) is 46.4 Å². The van der Waals surface area contributed by atoms with E-state index in [0.717, 1.165) is 42.6 Å². The van der Waals surface area contributed by atoms with Crippen molar-refractivity contribution in [3.05, 3.63) is 35.5 Å². The number of allylic oxidation sites excluding steroid dienone is 3. The van der Waals surface area contributed by atoms with Crippen molar-refractivity contribution in [2.24, 2.45) is 23.7 Å². The summed E-state index contributed by atoms with van der Waals surface area (Å²) in [5.41, 5.74) is 4.03. The summed E-state index contributed by atoms with van der Waals surface area (Å²) in [4.78, 5) is 0. The Hall–Kier alpha value is -0.820. The van der Waals surface area contributed by atoms with Gasteiger partial charge in [0.25, 0.3) is 0 Å². The Morgan fingerprint density at radius 2 is 1.96 bits per heavy atom. The van der Waals surface area contributed by atoms with Crippen molar-refractivity contribution in [1.82, 2.24) is 0 Å². The lowest BCUT2D eigenvalue weighted by molar-refractivity contribution is 0.165. The largest absolute Gasteiger partial charge is 0.388 e. The minimum atomic E-state index is -0.324. The molecule has 0 aromatic carbocycles. The van der Waals surface area contributed by atoms with Crippen LogP contribution < -0.4 is 0 Å². The van der Waals surface area contributed by atoms with E-state index in [1.54, 1.807) is 5.57 Å². The standard InChI is InChI=1S/C22H36O/c1-6-20(15(2)3)21-9-7-8-19(17(21)5)13-12-18-11-10-16(4)22(23)14-18/h12-13,15,17,20-23H,4,6-11,14H2,1-3,5H3/b18-12-,19-13+/t17-,20+,21-,22+/m0/s1. The van der Waals surface area contributed by atoms with Crippen LogP contribution in [-0.2, 0) is 0 Å². The predicted octanol–water partition coefficient (Wildman–Crippen LogP) is 6.06. The lowest BCUT2D eigenvalue weighted by Gasteiger charge is -2.39. The molecular weight excluding hydrogens is 280 g/mol. The Balaban J connectivity index is 2.08. The fourth-order valence-corrected chi connectivity index (χ4v) is 4.74. The van der Waals surface area contributed by atoms with E-state index < -0.39 is 0 Å². The molecule has 23 heavy (non-hydrogen) atoms. The first-order valence-electron chi connectivity index (χ1n) is 9.68. The van der Waals surface area contributed by atoms with Gasteiger partial charge in [0.15, 0.2) is 0 Å². The van der Waals surface area contributed by atoms with Gasteiger partial charge < -0.3 is 5.11 Å². The summed E-state index contributed by atoms with van der Waals surface area (Å²) in [6.07, 6.45) is 12.5. The quantitative estimate of drug-likeness (QED) is 0.625. The summed E-state index contributed by atoms with van der Waals surface area (Å²) in [6.45, 7) is 13.5. The number of hydrogen-bond donors (Lipinski definition) is 1. The van der Waals surface area contributed by atoms with Crippen LogP contribution in [0.5, 0.6) is 0 Å². The minimum Gasteiger partial charge on any atom is -0.388 e. The molecule has 4 atom stereocenters. The normalized spacial score (nSPS) is 34.3. The molecule has 2 aliphatic rings. The molecule has 0 aliphatic heterocycles. The Morgan fingerprint density at radius 3 is 2.57 bits per heavy atom. The third-order valence-corrected chi connectivity index (χ3v) is 6.33. The summed E-state index contributed by atoms with van der Waals surface area (Å²) in [5, 5.41) is 9.98. The van der Waals surface area contributed by atoms with Gasteiger partial charge in [-0.3, -0.25) is 0 Å². The van der Waals surface area contributed by atoms with E-state index >= 15 is 0 Å². The molecule has 0 saturated heterocycles. The van der Waals surface area contributed by atoms with Crippen LogP contribution in [0.3, 0.4) is 0 Å². The molecule has 1 nitrogen and oxygen atoms in total. The van der Waals surface area contributed by atoms with Crippen molar-refractivity contribution in [1.29, 1.82) is 0 Å². The van der Waals surface area contributed by atoms with Crippen LogP contribution in [-0.4, -0.2) is 11.2 Å². The van der Waals surface area contributed by atoms with Gasteiger partial charge in [-0.1, -0.05) is 64.0 Å². The number of aliphatic hydroxyl groups is 1. The van der Waals surface area contributed by atoms with Gasteiger partial charge in [0.2, 0.25) is 0 Å². The third-order valence-electron chi connectivity index (χ3n) is 6.33. The molecular formula is C22H36O. The second-order valence-electron chi connectivity index (χ2n) is 8.11. The Kier molecular flexibility index (Phi) is 6.71. The molecule has 2 rings (SSSR count). The zero-order chi connectivity index (χ0) is 17.0. The molecule has 2 aliphatic carbocycles. The van der Waals surface area contributed by atoms with Crippen LogP contribution >= 0.6 is 0 Å². The van der Waals surface area contributed by atoms with E-state index in [1.165, 1.54) is 31.3 Å². The first-order valence-corrected chi connectivity index (χ1v) is 9.68. The second-order valence-corrected chi connectivity index (χ2v) is 8.11. The zero-order valence-electron chi connectivity index (χ0n) is 15.6. The van der Waals surface area contributed by atoms with Crippen LogP contribution in [0.4, 0.5) is 0 Å². The average Bonchev–Trinajstić information content (AvgIpc) is 2.51. The highest BCUT2D eigenvalue weighted by Gasteiger charge is 2.32. The summed E-state index contributed by atoms with van der Waals surface area (Å²) >= 11 is 0. The fraction of sp³-hybridized carbons (Fsp3) is 0.727. The smallest absolute Gasteiger partial charge is 0.0784 e. The molecule has 1 heteroatoms. The molecule has 0 amide bonds. The molecule has 0 bridgehead atoms. The first kappa shape index (κ1) is 18.5. The maximum Gasteiger partial charge on any atom is 0.0784 e. The van der Waals surface area contributed by atoms with Crippen LogP contribution in [0.25, 0.3) is 0 Å². The highest BCUT2D eigenvalue weighted by Crippen LogP contribution is 2.42. The van der Waals surface area contributed by atoms with Gasteiger partial charge in [0, 0.05) is 0 Å². The molecule has 2 fully saturated rings. The van der Waals surface area contributed by atoms with Gasteiger partial charge in [-0.25, -0.2) is 0 Å². The number of rotatable bonds is 4. The Bertz CT molecular complexity index is 468. The van der Waals surface area contributed by atoms with Crippen molar-refractivity contribution in [3.63, 3.8) is 0 Å². The summed E-state index contributed by atoms with van der Waals surface area (Å²) in [5.74, 6) is 3.18. The third kappa shape index (κ3) is 4.59. The molecule has 1 N–H and O–H groups in total. The predicted molar refractivity (Wildman–Crippen MR) is 100 cm³/mol. The average molecular weight is 317 g/mol. The van der Waals surface area contributed by atoms with Crippen LogP contribution in [0.15, 0.2) is 35.5 Å². The van der Waals surface area contributed by atoms with E-state index in [1.807, 2.05) is 0 Å². The molecule has 130 valence electrons. The van der Waals surface area contributed by atoms with Crippen molar-refractivity contribution in [2.75, 3.05) is 0 Å². The number of hydrogen-bond acceptors (Lipinski definition) is 1. The van der Waals surface area contributed by atoms with Gasteiger partial charge in [-0.15, -0.1) is 0 Å². The van der Waals surface area contributed by atoms with E-state index in [9.17, 15) is 5.11 Å². The van der Waals surface area contributed by atoms with Crippen LogP contribution in [0.2, 0.25) is 0 Å². The van der Waals surface area contributed by atoms with E-state index in [-0.39, 0.29) is 6.10 Å². The summed E-state index contributed by atoms with van der Waals surface area (Å²) in [6, 6.07) is 0. The maximum atomic E-state index is 9.98. The molecule has 0 spiro atoms.